The van der Waals surface area contributed by atoms with E-state index < -0.39 is 12.0 Å². The number of benzene rings is 1. The van der Waals surface area contributed by atoms with Crippen LogP contribution in [0.15, 0.2) is 22.7 Å². The molecule has 15 heavy (non-hydrogen) atoms. The zero-order valence-electron chi connectivity index (χ0n) is 8.57. The highest BCUT2D eigenvalue weighted by molar-refractivity contribution is 9.10. The molecular weight excluding hydrogens is 258 g/mol. The second-order valence-corrected chi connectivity index (χ2v) is 4.10. The van der Waals surface area contributed by atoms with Crippen molar-refractivity contribution in [2.24, 2.45) is 5.92 Å². The van der Waals surface area contributed by atoms with Crippen LogP contribution in [0.2, 0.25) is 0 Å². The number of nitrogens with zero attached hydrogens (tertiary/aromatic N) is 1. The molecule has 4 heteroatoms. The fraction of sp³-hybridized carbons (Fsp3) is 0.364. The van der Waals surface area contributed by atoms with E-state index in [2.05, 4.69) is 15.9 Å². The SMILES string of the molecule is COc1ccc(Br)c(C(O)C(C)C#N)c1. The number of aliphatic hydroxyl groups excluding tert-OH is 1. The summed E-state index contributed by atoms with van der Waals surface area (Å²) in [4.78, 5) is 0. The summed E-state index contributed by atoms with van der Waals surface area (Å²) in [6.45, 7) is 1.68. The third kappa shape index (κ3) is 2.71. The van der Waals surface area contributed by atoms with Crippen LogP contribution in [0.5, 0.6) is 5.75 Å². The largest absolute Gasteiger partial charge is 0.497 e. The lowest BCUT2D eigenvalue weighted by molar-refractivity contribution is 0.141. The van der Waals surface area contributed by atoms with Crippen molar-refractivity contribution in [3.05, 3.63) is 28.2 Å². The van der Waals surface area contributed by atoms with Gasteiger partial charge >= 0.3 is 0 Å². The van der Waals surface area contributed by atoms with Gasteiger partial charge in [-0.3, -0.25) is 0 Å². The van der Waals surface area contributed by atoms with Gasteiger partial charge in [0, 0.05) is 4.47 Å². The smallest absolute Gasteiger partial charge is 0.119 e. The zero-order chi connectivity index (χ0) is 11.4. The first-order valence-electron chi connectivity index (χ1n) is 4.51. The lowest BCUT2D eigenvalue weighted by atomic mass is 9.99. The quantitative estimate of drug-likeness (QED) is 0.918. The van der Waals surface area contributed by atoms with Crippen molar-refractivity contribution in [1.82, 2.24) is 0 Å². The van der Waals surface area contributed by atoms with E-state index in [1.165, 1.54) is 0 Å². The number of nitriles is 1. The van der Waals surface area contributed by atoms with Crippen LogP contribution in [0.1, 0.15) is 18.6 Å². The summed E-state index contributed by atoms with van der Waals surface area (Å²) in [6, 6.07) is 7.32. The van der Waals surface area contributed by atoms with E-state index in [0.717, 1.165) is 4.47 Å². The Morgan fingerprint density at radius 1 is 1.53 bits per heavy atom. The van der Waals surface area contributed by atoms with Crippen molar-refractivity contribution in [3.8, 4) is 11.8 Å². The fourth-order valence-corrected chi connectivity index (χ4v) is 1.70. The standard InChI is InChI=1S/C11H12BrNO2/c1-7(6-13)11(14)9-5-8(15-2)3-4-10(9)12/h3-5,7,11,14H,1-2H3. The van der Waals surface area contributed by atoms with Gasteiger partial charge in [-0.05, 0) is 30.7 Å². The highest BCUT2D eigenvalue weighted by atomic mass is 79.9. The summed E-state index contributed by atoms with van der Waals surface area (Å²) in [7, 11) is 1.56. The van der Waals surface area contributed by atoms with Gasteiger partial charge in [-0.2, -0.15) is 5.26 Å². The summed E-state index contributed by atoms with van der Waals surface area (Å²) in [5, 5.41) is 18.6. The van der Waals surface area contributed by atoms with E-state index >= 15 is 0 Å². The average molecular weight is 270 g/mol. The van der Waals surface area contributed by atoms with Crippen LogP contribution < -0.4 is 4.74 Å². The number of ether oxygens (including phenoxy) is 1. The van der Waals surface area contributed by atoms with Crippen LogP contribution in [0.3, 0.4) is 0 Å². The van der Waals surface area contributed by atoms with Crippen LogP contribution in [-0.4, -0.2) is 12.2 Å². The monoisotopic (exact) mass is 269 g/mol. The Morgan fingerprint density at radius 3 is 2.73 bits per heavy atom. The van der Waals surface area contributed by atoms with Gasteiger partial charge in [-0.1, -0.05) is 15.9 Å². The van der Waals surface area contributed by atoms with Crippen LogP contribution >= 0.6 is 15.9 Å². The molecule has 2 unspecified atom stereocenters. The summed E-state index contributed by atoms with van der Waals surface area (Å²) in [6.07, 6.45) is -0.806. The molecule has 0 aliphatic rings. The lowest BCUT2D eigenvalue weighted by Crippen LogP contribution is -2.07. The van der Waals surface area contributed by atoms with Crippen molar-refractivity contribution in [2.45, 2.75) is 13.0 Å². The van der Waals surface area contributed by atoms with E-state index in [4.69, 9.17) is 10.00 Å². The Hall–Kier alpha value is -1.05. The number of methoxy groups -OCH3 is 1. The molecule has 0 spiro atoms. The molecule has 0 radical (unpaired) electrons. The third-order valence-corrected chi connectivity index (χ3v) is 2.92. The molecule has 2 atom stereocenters. The van der Waals surface area contributed by atoms with E-state index in [1.54, 1.807) is 32.2 Å². The molecule has 0 fully saturated rings. The van der Waals surface area contributed by atoms with Crippen molar-refractivity contribution in [1.29, 1.82) is 5.26 Å². The molecule has 3 nitrogen and oxygen atoms in total. The summed E-state index contributed by atoms with van der Waals surface area (Å²) in [5.74, 6) is 0.214. The Labute approximate surface area is 97.4 Å². The fourth-order valence-electron chi connectivity index (χ4n) is 1.22. The second kappa shape index (κ2) is 5.15. The predicted molar refractivity (Wildman–Crippen MR) is 60.4 cm³/mol. The molecule has 1 aromatic rings. The minimum atomic E-state index is -0.806. The first-order valence-corrected chi connectivity index (χ1v) is 5.30. The van der Waals surface area contributed by atoms with Gasteiger partial charge < -0.3 is 9.84 Å². The molecule has 1 rings (SSSR count). The molecule has 0 saturated heterocycles. The summed E-state index contributed by atoms with van der Waals surface area (Å²) < 4.78 is 5.83. The van der Waals surface area contributed by atoms with E-state index in [0.29, 0.717) is 11.3 Å². The number of hydrogen-bond donors (Lipinski definition) is 1. The third-order valence-electron chi connectivity index (χ3n) is 2.20. The van der Waals surface area contributed by atoms with Gasteiger partial charge in [-0.25, -0.2) is 0 Å². The molecule has 0 aliphatic heterocycles. The summed E-state index contributed by atoms with van der Waals surface area (Å²) >= 11 is 3.33. The highest BCUT2D eigenvalue weighted by Gasteiger charge is 2.18. The minimum Gasteiger partial charge on any atom is -0.497 e. The Balaban J connectivity index is 3.07. The predicted octanol–water partition coefficient (Wildman–Crippen LogP) is 2.65. The van der Waals surface area contributed by atoms with Gasteiger partial charge in [0.2, 0.25) is 0 Å². The molecule has 1 N–H and O–H groups in total. The molecule has 0 amide bonds. The van der Waals surface area contributed by atoms with E-state index in [-0.39, 0.29) is 0 Å². The normalized spacial score (nSPS) is 14.1. The minimum absolute atomic E-state index is 0.451. The maximum absolute atomic E-state index is 9.88. The number of hydrogen-bond acceptors (Lipinski definition) is 3. The second-order valence-electron chi connectivity index (χ2n) is 3.25. The highest BCUT2D eigenvalue weighted by Crippen LogP contribution is 2.31. The Bertz CT molecular complexity index is 387. The summed E-state index contributed by atoms with van der Waals surface area (Å²) in [5.41, 5.74) is 0.670. The van der Waals surface area contributed by atoms with Crippen LogP contribution in [-0.2, 0) is 0 Å². The van der Waals surface area contributed by atoms with Crippen molar-refractivity contribution in [2.75, 3.05) is 7.11 Å². The molecule has 0 aromatic heterocycles. The van der Waals surface area contributed by atoms with Crippen molar-refractivity contribution >= 4 is 15.9 Å². The van der Waals surface area contributed by atoms with Gasteiger partial charge in [0.05, 0.1) is 25.2 Å². The van der Waals surface area contributed by atoms with Crippen LogP contribution in [0.4, 0.5) is 0 Å². The van der Waals surface area contributed by atoms with Gasteiger partial charge in [-0.15, -0.1) is 0 Å². The number of halogens is 1. The first kappa shape index (κ1) is 12.0. The Morgan fingerprint density at radius 2 is 2.20 bits per heavy atom. The number of rotatable bonds is 3. The first-order chi connectivity index (χ1) is 7.10. The lowest BCUT2D eigenvalue weighted by Gasteiger charge is -2.15. The number of aliphatic hydroxyl groups is 1. The molecule has 0 aliphatic carbocycles. The molecule has 0 saturated carbocycles. The van der Waals surface area contributed by atoms with E-state index in [1.807, 2.05) is 6.07 Å². The average Bonchev–Trinajstić information content (AvgIpc) is 2.27. The zero-order valence-corrected chi connectivity index (χ0v) is 10.2. The molecule has 1 aromatic carbocycles. The van der Waals surface area contributed by atoms with Crippen molar-refractivity contribution in [3.63, 3.8) is 0 Å². The molecule has 80 valence electrons. The van der Waals surface area contributed by atoms with Gasteiger partial charge in [0.15, 0.2) is 0 Å². The van der Waals surface area contributed by atoms with Crippen LogP contribution in [0.25, 0.3) is 0 Å². The van der Waals surface area contributed by atoms with Crippen LogP contribution in [0, 0.1) is 17.2 Å². The molecule has 0 heterocycles. The van der Waals surface area contributed by atoms with E-state index in [9.17, 15) is 5.11 Å². The molecule has 0 bridgehead atoms. The van der Waals surface area contributed by atoms with Gasteiger partial charge in [0.1, 0.15) is 5.75 Å². The maximum atomic E-state index is 9.88. The molecular formula is C11H12BrNO2. The Kier molecular flexibility index (Phi) is 4.13. The topological polar surface area (TPSA) is 53.2 Å². The maximum Gasteiger partial charge on any atom is 0.119 e. The van der Waals surface area contributed by atoms with Gasteiger partial charge in [0.25, 0.3) is 0 Å². The van der Waals surface area contributed by atoms with Crippen molar-refractivity contribution < 1.29 is 9.84 Å².